The molecule has 2 heteroatoms. The average molecular weight is 332 g/mol. The van der Waals surface area contributed by atoms with E-state index in [1.807, 2.05) is 59.2 Å². The van der Waals surface area contributed by atoms with Crippen LogP contribution in [-0.4, -0.2) is 18.5 Å². The minimum atomic E-state index is 0.891. The van der Waals surface area contributed by atoms with Gasteiger partial charge in [0.05, 0.1) is 0 Å². The third kappa shape index (κ3) is 5.43. The van der Waals surface area contributed by atoms with Crippen LogP contribution in [0.4, 0.5) is 0 Å². The van der Waals surface area contributed by atoms with Gasteiger partial charge in [-0.15, -0.1) is 6.42 Å². The van der Waals surface area contributed by atoms with Gasteiger partial charge in [0.1, 0.15) is 0 Å². The summed E-state index contributed by atoms with van der Waals surface area (Å²) >= 11 is 0. The Kier molecular flexibility index (Phi) is 8.36. The molecule has 1 aromatic carbocycles. The molecule has 25 heavy (non-hydrogen) atoms. The summed E-state index contributed by atoms with van der Waals surface area (Å²) in [6.45, 7) is 10.2. The van der Waals surface area contributed by atoms with Crippen molar-refractivity contribution in [2.45, 2.75) is 41.0 Å². The van der Waals surface area contributed by atoms with E-state index >= 15 is 0 Å². The van der Waals surface area contributed by atoms with Crippen molar-refractivity contribution in [3.05, 3.63) is 64.9 Å². The van der Waals surface area contributed by atoms with Gasteiger partial charge >= 0.3 is 0 Å². The van der Waals surface area contributed by atoms with Gasteiger partial charge in [-0.25, -0.2) is 0 Å². The second-order valence-electron chi connectivity index (χ2n) is 5.66. The minimum Gasteiger partial charge on any atom is -0.293 e. The molecular weight excluding hydrogens is 304 g/mol. The molecule has 2 nitrogen and oxygen atoms in total. The Morgan fingerprint density at radius 1 is 1.16 bits per heavy atom. The first kappa shape index (κ1) is 20.4. The minimum absolute atomic E-state index is 0.891. The number of hydrogen-bond donors (Lipinski definition) is 0. The molecule has 0 radical (unpaired) electrons. The first-order valence-corrected chi connectivity index (χ1v) is 8.59. The predicted octanol–water partition coefficient (Wildman–Crippen LogP) is 5.86. The zero-order valence-electron chi connectivity index (χ0n) is 16.2. The largest absolute Gasteiger partial charge is 0.293 e. The highest BCUT2D eigenvalue weighted by atomic mass is 14.7. The van der Waals surface area contributed by atoms with Crippen LogP contribution in [0.25, 0.3) is 5.57 Å². The molecule has 0 aromatic heterocycles. The molecule has 0 bridgehead atoms. The van der Waals surface area contributed by atoms with Gasteiger partial charge in [-0.05, 0) is 56.9 Å². The van der Waals surface area contributed by atoms with Gasteiger partial charge in [0.25, 0.3) is 0 Å². The van der Waals surface area contributed by atoms with Crippen LogP contribution in [0, 0.1) is 12.3 Å². The number of allylic oxidation sites excluding steroid dienone is 5. The molecule has 0 spiro atoms. The maximum Gasteiger partial charge on any atom is 0.0445 e. The molecule has 0 N–H and O–H groups in total. The van der Waals surface area contributed by atoms with Gasteiger partial charge < -0.3 is 0 Å². The highest BCUT2D eigenvalue weighted by molar-refractivity contribution is 6.03. The Morgan fingerprint density at radius 2 is 1.84 bits per heavy atom. The number of aliphatic imine (C=N–C) groups is 2. The van der Waals surface area contributed by atoms with Gasteiger partial charge in [0, 0.05) is 35.8 Å². The van der Waals surface area contributed by atoms with Crippen molar-refractivity contribution in [3.8, 4) is 12.3 Å². The second-order valence-corrected chi connectivity index (χ2v) is 5.66. The molecule has 0 heterocycles. The molecule has 130 valence electrons. The molecule has 0 aliphatic carbocycles. The van der Waals surface area contributed by atoms with E-state index in [1.165, 1.54) is 5.57 Å². The summed E-state index contributed by atoms with van der Waals surface area (Å²) in [6, 6.07) is 8.17. The lowest BCUT2D eigenvalue weighted by molar-refractivity contribution is 1.12. The molecule has 0 aliphatic heterocycles. The summed E-state index contributed by atoms with van der Waals surface area (Å²) in [7, 11) is 1.81. The van der Waals surface area contributed by atoms with E-state index in [0.29, 0.717) is 0 Å². The van der Waals surface area contributed by atoms with Crippen LogP contribution in [0.3, 0.4) is 0 Å². The van der Waals surface area contributed by atoms with Gasteiger partial charge in [-0.1, -0.05) is 43.2 Å². The molecular formula is C23H28N2. The summed E-state index contributed by atoms with van der Waals surface area (Å²) in [4.78, 5) is 9.02. The number of benzene rings is 1. The van der Waals surface area contributed by atoms with E-state index in [-0.39, 0.29) is 0 Å². The van der Waals surface area contributed by atoms with Crippen LogP contribution < -0.4 is 0 Å². The van der Waals surface area contributed by atoms with Crippen molar-refractivity contribution in [2.24, 2.45) is 9.98 Å². The lowest BCUT2D eigenvalue weighted by Gasteiger charge is -2.09. The Morgan fingerprint density at radius 3 is 2.36 bits per heavy atom. The van der Waals surface area contributed by atoms with Crippen LogP contribution in [0.2, 0.25) is 0 Å². The van der Waals surface area contributed by atoms with Gasteiger partial charge in [-0.3, -0.25) is 9.98 Å². The quantitative estimate of drug-likeness (QED) is 0.354. The Balaban J connectivity index is 3.32. The van der Waals surface area contributed by atoms with Crippen LogP contribution in [0.1, 0.15) is 52.2 Å². The maximum atomic E-state index is 5.57. The number of hydrogen-bond acceptors (Lipinski definition) is 2. The summed E-state index contributed by atoms with van der Waals surface area (Å²) in [6.07, 6.45) is 12.5. The number of terminal acetylenes is 1. The fourth-order valence-corrected chi connectivity index (χ4v) is 2.56. The SMILES string of the molecule is C#C/C(=C\C)c1cccc(C(C)=N/C=C(C(C)=NC)/C(=C/C)CC)c1. The van der Waals surface area contributed by atoms with E-state index in [2.05, 4.69) is 36.0 Å². The summed E-state index contributed by atoms with van der Waals surface area (Å²) < 4.78 is 0. The van der Waals surface area contributed by atoms with Crippen LogP contribution in [-0.2, 0) is 0 Å². The maximum absolute atomic E-state index is 5.57. The molecule has 0 saturated heterocycles. The highest BCUT2D eigenvalue weighted by Crippen LogP contribution is 2.18. The number of nitrogens with zero attached hydrogens (tertiary/aromatic N) is 2. The van der Waals surface area contributed by atoms with E-state index in [9.17, 15) is 0 Å². The van der Waals surface area contributed by atoms with Crippen molar-refractivity contribution < 1.29 is 0 Å². The second kappa shape index (κ2) is 10.3. The molecule has 0 unspecified atom stereocenters. The third-order valence-electron chi connectivity index (χ3n) is 4.22. The molecule has 1 aromatic rings. The fourth-order valence-electron chi connectivity index (χ4n) is 2.56. The molecule has 1 rings (SSSR count). The molecule has 0 fully saturated rings. The van der Waals surface area contributed by atoms with E-state index in [0.717, 1.165) is 40.1 Å². The van der Waals surface area contributed by atoms with Crippen LogP contribution in [0.5, 0.6) is 0 Å². The standard InChI is InChI=1S/C23H28N2/c1-8-19(9-2)22-14-12-13-21(15-22)17(5)25-16-23(18(6)24-7)20(10-3)11-4/h1,9-10,12-16H,11H2,2-7H3/b19-9+,20-10+,23-16+,24-18?,25-17?. The first-order valence-electron chi connectivity index (χ1n) is 8.59. The van der Waals surface area contributed by atoms with Crippen molar-refractivity contribution in [1.82, 2.24) is 0 Å². The summed E-state index contributed by atoms with van der Waals surface area (Å²) in [5, 5.41) is 0. The van der Waals surface area contributed by atoms with Crippen LogP contribution >= 0.6 is 0 Å². The third-order valence-corrected chi connectivity index (χ3v) is 4.22. The number of rotatable bonds is 6. The zero-order valence-corrected chi connectivity index (χ0v) is 16.2. The highest BCUT2D eigenvalue weighted by Gasteiger charge is 2.06. The molecule has 0 aliphatic rings. The summed E-state index contributed by atoms with van der Waals surface area (Å²) in [5.41, 5.74) is 7.26. The Bertz CT molecular complexity index is 794. The molecule has 0 amide bonds. The van der Waals surface area contributed by atoms with E-state index < -0.39 is 0 Å². The smallest absolute Gasteiger partial charge is 0.0445 e. The Labute approximate surface area is 152 Å². The van der Waals surface area contributed by atoms with Gasteiger partial charge in [0.2, 0.25) is 0 Å². The fraction of sp³-hybridized carbons (Fsp3) is 0.304. The average Bonchev–Trinajstić information content (AvgIpc) is 2.65. The monoisotopic (exact) mass is 332 g/mol. The first-order chi connectivity index (χ1) is 12.0. The van der Waals surface area contributed by atoms with Gasteiger partial charge in [-0.2, -0.15) is 0 Å². The molecule has 0 saturated carbocycles. The predicted molar refractivity (Wildman–Crippen MR) is 112 cm³/mol. The van der Waals surface area contributed by atoms with Crippen molar-refractivity contribution in [3.63, 3.8) is 0 Å². The normalized spacial score (nSPS) is 14.5. The van der Waals surface area contributed by atoms with E-state index in [4.69, 9.17) is 11.4 Å². The van der Waals surface area contributed by atoms with Crippen molar-refractivity contribution >= 4 is 17.0 Å². The topological polar surface area (TPSA) is 24.7 Å². The van der Waals surface area contributed by atoms with Crippen molar-refractivity contribution in [2.75, 3.05) is 7.05 Å². The Hall–Kier alpha value is -2.66. The molecule has 0 atom stereocenters. The lowest BCUT2D eigenvalue weighted by Crippen LogP contribution is -2.02. The van der Waals surface area contributed by atoms with Crippen molar-refractivity contribution in [1.29, 1.82) is 0 Å². The summed E-state index contributed by atoms with van der Waals surface area (Å²) in [5.74, 6) is 2.72. The lowest BCUT2D eigenvalue weighted by atomic mass is 10.00. The zero-order chi connectivity index (χ0) is 18.8. The van der Waals surface area contributed by atoms with E-state index in [1.54, 1.807) is 0 Å². The van der Waals surface area contributed by atoms with Crippen LogP contribution in [0.15, 0.2) is 63.7 Å². The van der Waals surface area contributed by atoms with Gasteiger partial charge in [0.15, 0.2) is 0 Å².